The molecule has 0 aromatic heterocycles. The number of likely N-dealkylation sites (N-methyl/N-ethyl adjacent to an activating group) is 1. The molecule has 3 atom stereocenters. The van der Waals surface area contributed by atoms with E-state index < -0.39 is 6.29 Å². The molecule has 0 spiro atoms. The van der Waals surface area contributed by atoms with Gasteiger partial charge in [0.1, 0.15) is 0 Å². The molecule has 5 heteroatoms. The van der Waals surface area contributed by atoms with Crippen LogP contribution in [0, 0.1) is 17.8 Å². The maximum absolute atomic E-state index is 12.4. The number of hydrogen-bond acceptors (Lipinski definition) is 4. The van der Waals surface area contributed by atoms with Crippen molar-refractivity contribution in [1.29, 1.82) is 0 Å². The molecular formula is C19H33NO4. The van der Waals surface area contributed by atoms with Gasteiger partial charge in [-0.2, -0.15) is 0 Å². The highest BCUT2D eigenvalue weighted by Crippen LogP contribution is 2.42. The summed E-state index contributed by atoms with van der Waals surface area (Å²) in [6.07, 6.45) is 9.51. The number of aliphatic hydroxyl groups excluding tert-OH is 1. The molecule has 5 nitrogen and oxygen atoms in total. The van der Waals surface area contributed by atoms with E-state index >= 15 is 0 Å². The molecule has 138 valence electrons. The molecule has 0 bridgehead atoms. The van der Waals surface area contributed by atoms with Crippen molar-refractivity contribution in [1.82, 2.24) is 4.90 Å². The molecule has 1 N–H and O–H groups in total. The summed E-state index contributed by atoms with van der Waals surface area (Å²) in [5.41, 5.74) is 0. The quantitative estimate of drug-likeness (QED) is 0.775. The summed E-state index contributed by atoms with van der Waals surface area (Å²) < 4.78 is 11.8. The first-order chi connectivity index (χ1) is 11.6. The van der Waals surface area contributed by atoms with Crippen LogP contribution < -0.4 is 0 Å². The molecule has 0 aromatic carbocycles. The summed E-state index contributed by atoms with van der Waals surface area (Å²) in [7, 11) is 3.49. The zero-order valence-electron chi connectivity index (χ0n) is 15.4. The van der Waals surface area contributed by atoms with Crippen LogP contribution in [0.3, 0.4) is 0 Å². The number of carbonyl (C=O) groups is 1. The zero-order chi connectivity index (χ0) is 17.5. The summed E-state index contributed by atoms with van der Waals surface area (Å²) in [5.74, 6) is 1.41. The summed E-state index contributed by atoms with van der Waals surface area (Å²) in [6.45, 7) is 2.69. The predicted molar refractivity (Wildman–Crippen MR) is 93.2 cm³/mol. The highest BCUT2D eigenvalue weighted by Gasteiger charge is 2.40. The molecule has 1 fully saturated rings. The van der Waals surface area contributed by atoms with E-state index in [2.05, 4.69) is 6.08 Å². The Balaban J connectivity index is 2.27. The Morgan fingerprint density at radius 1 is 1.33 bits per heavy atom. The molecule has 24 heavy (non-hydrogen) atoms. The Labute approximate surface area is 146 Å². The molecule has 1 aliphatic carbocycles. The lowest BCUT2D eigenvalue weighted by atomic mass is 9.71. The van der Waals surface area contributed by atoms with Gasteiger partial charge in [-0.25, -0.2) is 0 Å². The average Bonchev–Trinajstić information content (AvgIpc) is 2.60. The molecule has 1 saturated carbocycles. The lowest BCUT2D eigenvalue weighted by Crippen LogP contribution is -2.42. The third-order valence-corrected chi connectivity index (χ3v) is 5.27. The minimum absolute atomic E-state index is 0.0962. The van der Waals surface area contributed by atoms with E-state index in [4.69, 9.17) is 9.47 Å². The molecule has 1 aliphatic heterocycles. The number of amides is 1. The number of allylic oxidation sites excluding steroid dienone is 1. The maximum atomic E-state index is 12.4. The minimum Gasteiger partial charge on any atom is -0.459 e. The van der Waals surface area contributed by atoms with Crippen LogP contribution in [-0.2, 0) is 14.3 Å². The number of nitrogens with zero attached hydrogens (tertiary/aromatic N) is 1. The summed E-state index contributed by atoms with van der Waals surface area (Å²) in [5, 5.41) is 9.26. The van der Waals surface area contributed by atoms with Crippen molar-refractivity contribution in [2.24, 2.45) is 17.8 Å². The minimum atomic E-state index is -0.391. The van der Waals surface area contributed by atoms with Crippen molar-refractivity contribution in [2.45, 2.75) is 58.2 Å². The largest absolute Gasteiger partial charge is 0.459 e. The number of rotatable bonds is 7. The normalized spacial score (nSPS) is 28.2. The van der Waals surface area contributed by atoms with Crippen molar-refractivity contribution in [2.75, 3.05) is 27.3 Å². The standard InChI is InChI=1S/C19H33NO4/c1-4-23-19-15(11-8-12-21)16(14-9-6-5-7-10-14)13-17(24-19)18(22)20(2)3/h13-16,19,21H,4-12H2,1-3H3/t15-,16+,19+/m1/s1. The van der Waals surface area contributed by atoms with Crippen LogP contribution in [0.5, 0.6) is 0 Å². The number of aliphatic hydroxyl groups is 1. The maximum Gasteiger partial charge on any atom is 0.288 e. The third kappa shape index (κ3) is 4.73. The van der Waals surface area contributed by atoms with E-state index in [0.29, 0.717) is 24.2 Å². The van der Waals surface area contributed by atoms with Crippen molar-refractivity contribution in [3.05, 3.63) is 11.8 Å². The smallest absolute Gasteiger partial charge is 0.288 e. The third-order valence-electron chi connectivity index (χ3n) is 5.27. The van der Waals surface area contributed by atoms with Crippen molar-refractivity contribution in [3.8, 4) is 0 Å². The van der Waals surface area contributed by atoms with Gasteiger partial charge >= 0.3 is 0 Å². The monoisotopic (exact) mass is 339 g/mol. The first kappa shape index (κ1) is 19.3. The molecule has 0 radical (unpaired) electrons. The van der Waals surface area contributed by atoms with Gasteiger partial charge in [0.2, 0.25) is 6.29 Å². The summed E-state index contributed by atoms with van der Waals surface area (Å²) in [6, 6.07) is 0. The van der Waals surface area contributed by atoms with Crippen LogP contribution >= 0.6 is 0 Å². The van der Waals surface area contributed by atoms with Crippen LogP contribution in [0.1, 0.15) is 51.9 Å². The Bertz CT molecular complexity index is 429. The molecule has 0 aromatic rings. The second-order valence-corrected chi connectivity index (χ2v) is 7.18. The van der Waals surface area contributed by atoms with Gasteiger partial charge in [0.15, 0.2) is 5.76 Å². The first-order valence-electron chi connectivity index (χ1n) is 9.41. The highest BCUT2D eigenvalue weighted by atomic mass is 16.7. The molecule has 2 aliphatic rings. The topological polar surface area (TPSA) is 59.0 Å². The second kappa shape index (κ2) is 9.42. The fourth-order valence-electron chi connectivity index (χ4n) is 4.06. The molecule has 1 amide bonds. The number of ether oxygens (including phenoxy) is 2. The van der Waals surface area contributed by atoms with Gasteiger partial charge in [0, 0.05) is 33.2 Å². The highest BCUT2D eigenvalue weighted by molar-refractivity contribution is 5.91. The SMILES string of the molecule is CCO[C@H]1OC(C(=O)N(C)C)=C[C@@H](C2CCCCC2)[C@H]1CCCO. The van der Waals surface area contributed by atoms with E-state index in [1.165, 1.54) is 32.1 Å². The lowest BCUT2D eigenvalue weighted by molar-refractivity contribution is -0.179. The van der Waals surface area contributed by atoms with Crippen molar-refractivity contribution >= 4 is 5.91 Å². The van der Waals surface area contributed by atoms with E-state index in [9.17, 15) is 9.90 Å². The summed E-state index contributed by atoms with van der Waals surface area (Å²) >= 11 is 0. The van der Waals surface area contributed by atoms with Crippen LogP contribution in [0.2, 0.25) is 0 Å². The molecule has 2 rings (SSSR count). The fraction of sp³-hybridized carbons (Fsp3) is 0.842. The Hall–Kier alpha value is -1.07. The number of carbonyl (C=O) groups excluding carboxylic acids is 1. The zero-order valence-corrected chi connectivity index (χ0v) is 15.4. The van der Waals surface area contributed by atoms with Crippen LogP contribution in [0.25, 0.3) is 0 Å². The van der Waals surface area contributed by atoms with Gasteiger partial charge < -0.3 is 19.5 Å². The van der Waals surface area contributed by atoms with Crippen LogP contribution in [0.4, 0.5) is 0 Å². The molecular weight excluding hydrogens is 306 g/mol. The Morgan fingerprint density at radius 2 is 2.04 bits per heavy atom. The van der Waals surface area contributed by atoms with Gasteiger partial charge in [-0.3, -0.25) is 4.79 Å². The predicted octanol–water partition coefficient (Wildman–Crippen LogP) is 2.94. The van der Waals surface area contributed by atoms with E-state index in [1.807, 2.05) is 6.92 Å². The molecule has 1 heterocycles. The Morgan fingerprint density at radius 3 is 2.62 bits per heavy atom. The van der Waals surface area contributed by atoms with E-state index in [0.717, 1.165) is 12.8 Å². The lowest BCUT2D eigenvalue weighted by Gasteiger charge is -2.41. The average molecular weight is 339 g/mol. The molecule has 0 saturated heterocycles. The van der Waals surface area contributed by atoms with Crippen molar-refractivity contribution < 1.29 is 19.4 Å². The summed E-state index contributed by atoms with van der Waals surface area (Å²) in [4.78, 5) is 14.0. The van der Waals surface area contributed by atoms with Gasteiger partial charge in [-0.15, -0.1) is 0 Å². The van der Waals surface area contributed by atoms with Crippen molar-refractivity contribution in [3.63, 3.8) is 0 Å². The van der Waals surface area contributed by atoms with E-state index in [-0.39, 0.29) is 18.4 Å². The number of hydrogen-bond donors (Lipinski definition) is 1. The van der Waals surface area contributed by atoms with Gasteiger partial charge in [-0.1, -0.05) is 19.3 Å². The van der Waals surface area contributed by atoms with Crippen LogP contribution in [-0.4, -0.2) is 49.5 Å². The van der Waals surface area contributed by atoms with Gasteiger partial charge in [0.25, 0.3) is 5.91 Å². The van der Waals surface area contributed by atoms with E-state index in [1.54, 1.807) is 19.0 Å². The fourth-order valence-corrected chi connectivity index (χ4v) is 4.06. The van der Waals surface area contributed by atoms with Crippen LogP contribution in [0.15, 0.2) is 11.8 Å². The Kier molecular flexibility index (Phi) is 7.56. The second-order valence-electron chi connectivity index (χ2n) is 7.18. The van der Waals surface area contributed by atoms with Gasteiger partial charge in [-0.05, 0) is 50.5 Å². The van der Waals surface area contributed by atoms with Gasteiger partial charge in [0.05, 0.1) is 0 Å². The first-order valence-corrected chi connectivity index (χ1v) is 9.41. The molecule has 0 unspecified atom stereocenters.